The second kappa shape index (κ2) is 7.48. The van der Waals surface area contributed by atoms with Gasteiger partial charge in [0.15, 0.2) is 0 Å². The Morgan fingerprint density at radius 2 is 1.92 bits per heavy atom. The van der Waals surface area contributed by atoms with E-state index in [1.165, 1.54) is 18.5 Å². The van der Waals surface area contributed by atoms with Crippen molar-refractivity contribution in [3.8, 4) is 11.6 Å². The molecular formula is C16H11BrClN3O4S. The number of halogens is 2. The number of sulfonamides is 1. The molecule has 0 atom stereocenters. The van der Waals surface area contributed by atoms with Crippen LogP contribution in [0.2, 0.25) is 5.02 Å². The van der Waals surface area contributed by atoms with Gasteiger partial charge in [0, 0.05) is 12.4 Å². The molecule has 0 amide bonds. The third-order valence-corrected chi connectivity index (χ3v) is 5.38. The number of hydrogen-bond donors (Lipinski definition) is 2. The minimum absolute atomic E-state index is 0.129. The number of rotatable bonds is 5. The molecule has 0 aliphatic heterocycles. The third kappa shape index (κ3) is 4.06. The Labute approximate surface area is 162 Å². The first-order chi connectivity index (χ1) is 12.4. The maximum atomic E-state index is 12.5. The van der Waals surface area contributed by atoms with E-state index in [1.54, 1.807) is 24.3 Å². The van der Waals surface area contributed by atoms with Crippen LogP contribution in [-0.2, 0) is 10.0 Å². The number of hydrogen-bond acceptors (Lipinski definition) is 5. The Morgan fingerprint density at radius 1 is 1.19 bits per heavy atom. The SMILES string of the molecule is O=c1c(Cl)c[nH]cc1NS(=O)(=O)c1cnc(Oc2ccccc2)c(Br)c1. The van der Waals surface area contributed by atoms with Gasteiger partial charge in [-0.25, -0.2) is 13.4 Å². The molecule has 1 aromatic carbocycles. The van der Waals surface area contributed by atoms with Crippen molar-refractivity contribution in [1.82, 2.24) is 9.97 Å². The fourth-order valence-corrected chi connectivity index (χ4v) is 3.74. The number of anilines is 1. The molecule has 26 heavy (non-hydrogen) atoms. The zero-order valence-corrected chi connectivity index (χ0v) is 16.1. The Balaban J connectivity index is 1.88. The fraction of sp³-hybridized carbons (Fsp3) is 0. The summed E-state index contributed by atoms with van der Waals surface area (Å²) in [7, 11) is -4.04. The predicted molar refractivity (Wildman–Crippen MR) is 101 cm³/mol. The van der Waals surface area contributed by atoms with E-state index in [-0.39, 0.29) is 21.5 Å². The lowest BCUT2D eigenvalue weighted by molar-refractivity contribution is 0.458. The van der Waals surface area contributed by atoms with Gasteiger partial charge in [0.2, 0.25) is 11.3 Å². The summed E-state index contributed by atoms with van der Waals surface area (Å²) < 4.78 is 33.1. The van der Waals surface area contributed by atoms with Crippen molar-refractivity contribution in [1.29, 1.82) is 0 Å². The van der Waals surface area contributed by atoms with Crippen LogP contribution in [-0.4, -0.2) is 18.4 Å². The van der Waals surface area contributed by atoms with Crippen LogP contribution in [0.5, 0.6) is 11.6 Å². The topological polar surface area (TPSA) is 101 Å². The normalized spacial score (nSPS) is 11.2. The van der Waals surface area contributed by atoms with Gasteiger partial charge in [-0.3, -0.25) is 9.52 Å². The molecule has 0 unspecified atom stereocenters. The fourth-order valence-electron chi connectivity index (χ4n) is 1.97. The van der Waals surface area contributed by atoms with Gasteiger partial charge in [-0.2, -0.15) is 0 Å². The summed E-state index contributed by atoms with van der Waals surface area (Å²) in [6, 6.07) is 10.3. The number of aromatic amines is 1. The summed E-state index contributed by atoms with van der Waals surface area (Å²) in [5, 5.41) is -0.129. The second-order valence-electron chi connectivity index (χ2n) is 5.02. The van der Waals surface area contributed by atoms with E-state index in [0.29, 0.717) is 10.2 Å². The van der Waals surface area contributed by atoms with Crippen LogP contribution in [0.4, 0.5) is 5.69 Å². The largest absolute Gasteiger partial charge is 0.438 e. The highest BCUT2D eigenvalue weighted by atomic mass is 79.9. The van der Waals surface area contributed by atoms with Gasteiger partial charge in [-0.15, -0.1) is 0 Å². The molecule has 0 aliphatic rings. The molecular weight excluding hydrogens is 446 g/mol. The van der Waals surface area contributed by atoms with E-state index in [1.807, 2.05) is 6.07 Å². The van der Waals surface area contributed by atoms with Gasteiger partial charge in [0.05, 0.1) is 10.7 Å². The van der Waals surface area contributed by atoms with Crippen molar-refractivity contribution in [2.45, 2.75) is 4.90 Å². The lowest BCUT2D eigenvalue weighted by Gasteiger charge is -2.10. The van der Waals surface area contributed by atoms with Crippen LogP contribution in [0.3, 0.4) is 0 Å². The first kappa shape index (κ1) is 18.4. The highest BCUT2D eigenvalue weighted by molar-refractivity contribution is 9.10. The Morgan fingerprint density at radius 3 is 2.62 bits per heavy atom. The molecule has 0 radical (unpaired) electrons. The highest BCUT2D eigenvalue weighted by Gasteiger charge is 2.19. The predicted octanol–water partition coefficient (Wildman–Crippen LogP) is 3.78. The Bertz CT molecular complexity index is 1100. The molecule has 0 saturated heterocycles. The van der Waals surface area contributed by atoms with E-state index in [0.717, 1.165) is 6.20 Å². The molecule has 3 aromatic rings. The van der Waals surface area contributed by atoms with Crippen molar-refractivity contribution in [2.75, 3.05) is 4.72 Å². The van der Waals surface area contributed by atoms with Gasteiger partial charge >= 0.3 is 0 Å². The van der Waals surface area contributed by atoms with Crippen LogP contribution < -0.4 is 14.9 Å². The van der Waals surface area contributed by atoms with Crippen molar-refractivity contribution >= 4 is 43.2 Å². The van der Waals surface area contributed by atoms with Crippen molar-refractivity contribution in [2.24, 2.45) is 0 Å². The monoisotopic (exact) mass is 455 g/mol. The molecule has 2 aromatic heterocycles. The molecule has 0 saturated carbocycles. The summed E-state index contributed by atoms with van der Waals surface area (Å²) >= 11 is 8.94. The second-order valence-corrected chi connectivity index (χ2v) is 7.97. The molecule has 134 valence electrons. The average Bonchev–Trinajstić information content (AvgIpc) is 2.61. The number of pyridine rings is 2. The lowest BCUT2D eigenvalue weighted by atomic mass is 10.3. The Hall–Kier alpha value is -2.36. The average molecular weight is 457 g/mol. The molecule has 2 heterocycles. The van der Waals surface area contributed by atoms with Gasteiger partial charge < -0.3 is 9.72 Å². The molecule has 3 rings (SSSR count). The molecule has 2 N–H and O–H groups in total. The summed E-state index contributed by atoms with van der Waals surface area (Å²) in [5.74, 6) is 0.760. The van der Waals surface area contributed by atoms with E-state index in [2.05, 4.69) is 30.6 Å². The summed E-state index contributed by atoms with van der Waals surface area (Å²) in [6.45, 7) is 0. The van der Waals surface area contributed by atoms with Crippen molar-refractivity contribution < 1.29 is 13.2 Å². The van der Waals surface area contributed by atoms with Crippen LogP contribution in [0.1, 0.15) is 0 Å². The first-order valence-corrected chi connectivity index (χ1v) is 9.80. The quantitative estimate of drug-likeness (QED) is 0.608. The van der Waals surface area contributed by atoms with Crippen LogP contribution in [0.15, 0.2) is 69.2 Å². The number of ether oxygens (including phenoxy) is 1. The summed E-state index contributed by atoms with van der Waals surface area (Å²) in [4.78, 5) is 18.3. The summed E-state index contributed by atoms with van der Waals surface area (Å²) in [6.07, 6.45) is 3.60. The molecule has 7 nitrogen and oxygen atoms in total. The van der Waals surface area contributed by atoms with E-state index >= 15 is 0 Å². The van der Waals surface area contributed by atoms with Crippen molar-refractivity contribution in [3.05, 3.63) is 74.7 Å². The zero-order valence-electron chi connectivity index (χ0n) is 12.9. The standard InChI is InChI=1S/C16H11BrClN3O4S/c17-12-6-11(7-20-16(12)25-10-4-2-1-3-5-10)26(23,24)21-14-9-19-8-13(18)15(14)22/h1-9,21H,(H,19,22). The first-order valence-electron chi connectivity index (χ1n) is 7.15. The van der Waals surface area contributed by atoms with Gasteiger partial charge in [0.25, 0.3) is 10.0 Å². The number of nitrogens with zero attached hydrogens (tertiary/aromatic N) is 1. The maximum absolute atomic E-state index is 12.5. The number of benzene rings is 1. The minimum atomic E-state index is -4.04. The lowest BCUT2D eigenvalue weighted by Crippen LogP contribution is -2.19. The molecule has 0 bridgehead atoms. The van der Waals surface area contributed by atoms with Crippen LogP contribution in [0.25, 0.3) is 0 Å². The number of para-hydroxylation sites is 1. The Kier molecular flexibility index (Phi) is 5.30. The molecule has 0 spiro atoms. The third-order valence-electron chi connectivity index (χ3n) is 3.19. The molecule has 0 aliphatic carbocycles. The number of H-pyrrole nitrogens is 1. The smallest absolute Gasteiger partial charge is 0.263 e. The van der Waals surface area contributed by atoms with E-state index in [9.17, 15) is 13.2 Å². The van der Waals surface area contributed by atoms with Crippen LogP contribution in [0, 0.1) is 0 Å². The van der Waals surface area contributed by atoms with E-state index in [4.69, 9.17) is 16.3 Å². The maximum Gasteiger partial charge on any atom is 0.263 e. The zero-order chi connectivity index (χ0) is 18.7. The molecule has 0 fully saturated rings. The van der Waals surface area contributed by atoms with E-state index < -0.39 is 15.5 Å². The molecule has 10 heteroatoms. The number of aromatic nitrogens is 2. The van der Waals surface area contributed by atoms with Gasteiger partial charge in [0.1, 0.15) is 21.4 Å². The van der Waals surface area contributed by atoms with Crippen molar-refractivity contribution in [3.63, 3.8) is 0 Å². The van der Waals surface area contributed by atoms with Crippen LogP contribution >= 0.6 is 27.5 Å². The van der Waals surface area contributed by atoms with Gasteiger partial charge in [-0.1, -0.05) is 29.8 Å². The number of nitrogens with one attached hydrogen (secondary N) is 2. The minimum Gasteiger partial charge on any atom is -0.438 e. The van der Waals surface area contributed by atoms with Gasteiger partial charge in [-0.05, 0) is 34.1 Å². The highest BCUT2D eigenvalue weighted by Crippen LogP contribution is 2.29. The summed E-state index contributed by atoms with van der Waals surface area (Å²) in [5.41, 5.74) is -0.830.